The lowest BCUT2D eigenvalue weighted by Gasteiger charge is -2.04. The normalized spacial score (nSPS) is 11.8. The number of halogens is 2. The minimum Gasteiger partial charge on any atom is -0.254 e. The summed E-state index contributed by atoms with van der Waals surface area (Å²) in [6.07, 6.45) is 0. The maximum Gasteiger partial charge on any atom is 0.140 e. The summed E-state index contributed by atoms with van der Waals surface area (Å²) >= 11 is 5.83. The Labute approximate surface area is 117 Å². The van der Waals surface area contributed by atoms with Gasteiger partial charge in [0, 0.05) is 9.92 Å². The quantitative estimate of drug-likeness (QED) is 0.866. The van der Waals surface area contributed by atoms with Gasteiger partial charge in [-0.05, 0) is 35.9 Å². The largest absolute Gasteiger partial charge is 0.254 e. The Morgan fingerprint density at radius 1 is 1.26 bits per heavy atom. The highest BCUT2D eigenvalue weighted by Gasteiger charge is 2.08. The molecule has 96 valence electrons. The Bertz CT molecular complexity index is 681. The molecule has 0 radical (unpaired) electrons. The van der Waals surface area contributed by atoms with E-state index in [1.54, 1.807) is 30.3 Å². The van der Waals surface area contributed by atoms with Crippen molar-refractivity contribution in [2.75, 3.05) is 0 Å². The minimum atomic E-state index is -1.28. The third-order valence-corrected chi connectivity index (χ3v) is 4.12. The molecule has 2 rings (SSSR count). The van der Waals surface area contributed by atoms with Crippen LogP contribution in [0.4, 0.5) is 4.39 Å². The molecule has 0 saturated heterocycles. The molecule has 2 aromatic rings. The Morgan fingerprint density at radius 3 is 2.74 bits per heavy atom. The van der Waals surface area contributed by atoms with E-state index in [1.165, 1.54) is 18.2 Å². The molecule has 1 atom stereocenters. The second-order valence-electron chi connectivity index (χ2n) is 3.87. The standard InChI is InChI=1S/C14H9ClFNOS/c15-12-2-1-3-13(7-12)19(18)9-10-4-5-14(16)11(6-10)8-17/h1-7H,9H2. The number of nitriles is 1. The highest BCUT2D eigenvalue weighted by atomic mass is 35.5. The fourth-order valence-electron chi connectivity index (χ4n) is 1.59. The highest BCUT2D eigenvalue weighted by molar-refractivity contribution is 7.84. The van der Waals surface area contributed by atoms with Crippen LogP contribution in [0, 0.1) is 17.1 Å². The molecule has 2 nitrogen and oxygen atoms in total. The number of rotatable bonds is 3. The molecule has 0 saturated carbocycles. The van der Waals surface area contributed by atoms with Crippen molar-refractivity contribution in [3.8, 4) is 6.07 Å². The van der Waals surface area contributed by atoms with Gasteiger partial charge in [0.25, 0.3) is 0 Å². The predicted molar refractivity (Wildman–Crippen MR) is 72.7 cm³/mol. The molecule has 0 bridgehead atoms. The average Bonchev–Trinajstić information content (AvgIpc) is 2.41. The topological polar surface area (TPSA) is 40.9 Å². The third kappa shape index (κ3) is 3.40. The number of benzene rings is 2. The molecule has 0 spiro atoms. The van der Waals surface area contributed by atoms with Gasteiger partial charge in [-0.25, -0.2) is 4.39 Å². The van der Waals surface area contributed by atoms with E-state index in [1.807, 2.05) is 0 Å². The molecule has 0 amide bonds. The van der Waals surface area contributed by atoms with Crippen LogP contribution in [0.15, 0.2) is 47.4 Å². The first-order valence-corrected chi connectivity index (χ1v) is 7.12. The molecule has 19 heavy (non-hydrogen) atoms. The van der Waals surface area contributed by atoms with Crippen LogP contribution in [0.25, 0.3) is 0 Å². The van der Waals surface area contributed by atoms with Gasteiger partial charge in [-0.3, -0.25) is 4.21 Å². The van der Waals surface area contributed by atoms with E-state index < -0.39 is 16.6 Å². The van der Waals surface area contributed by atoms with Gasteiger partial charge in [-0.2, -0.15) is 5.26 Å². The summed E-state index contributed by atoms with van der Waals surface area (Å²) in [4.78, 5) is 0.607. The van der Waals surface area contributed by atoms with Crippen LogP contribution in [-0.2, 0) is 16.6 Å². The molecule has 0 fully saturated rings. The summed E-state index contributed by atoms with van der Waals surface area (Å²) in [6.45, 7) is 0. The van der Waals surface area contributed by atoms with Crippen molar-refractivity contribution in [2.45, 2.75) is 10.6 Å². The van der Waals surface area contributed by atoms with Crippen LogP contribution in [-0.4, -0.2) is 4.21 Å². The third-order valence-electron chi connectivity index (χ3n) is 2.51. The van der Waals surface area contributed by atoms with E-state index in [4.69, 9.17) is 16.9 Å². The molecular weight excluding hydrogens is 285 g/mol. The Hall–Kier alpha value is -1.70. The zero-order chi connectivity index (χ0) is 13.8. The summed E-state index contributed by atoms with van der Waals surface area (Å²) in [5.41, 5.74) is 0.608. The zero-order valence-electron chi connectivity index (χ0n) is 9.77. The van der Waals surface area contributed by atoms with Crippen molar-refractivity contribution in [2.24, 2.45) is 0 Å². The van der Waals surface area contributed by atoms with Gasteiger partial charge in [-0.1, -0.05) is 23.7 Å². The summed E-state index contributed by atoms with van der Waals surface area (Å²) in [5, 5.41) is 9.26. The van der Waals surface area contributed by atoms with Gasteiger partial charge in [0.05, 0.1) is 22.1 Å². The SMILES string of the molecule is N#Cc1cc(CS(=O)c2cccc(Cl)c2)ccc1F. The number of nitrogens with zero attached hydrogens (tertiary/aromatic N) is 1. The van der Waals surface area contributed by atoms with Crippen molar-refractivity contribution in [1.82, 2.24) is 0 Å². The van der Waals surface area contributed by atoms with Crippen LogP contribution in [0.3, 0.4) is 0 Å². The second kappa shape index (κ2) is 5.96. The maximum absolute atomic E-state index is 13.2. The number of hydrogen-bond acceptors (Lipinski definition) is 2. The molecule has 5 heteroatoms. The van der Waals surface area contributed by atoms with Crippen LogP contribution < -0.4 is 0 Å². The first-order valence-electron chi connectivity index (χ1n) is 5.42. The van der Waals surface area contributed by atoms with Crippen LogP contribution in [0.1, 0.15) is 11.1 Å². The first-order chi connectivity index (χ1) is 9.10. The molecule has 0 heterocycles. The smallest absolute Gasteiger partial charge is 0.140 e. The molecule has 0 N–H and O–H groups in total. The van der Waals surface area contributed by atoms with Crippen molar-refractivity contribution in [1.29, 1.82) is 5.26 Å². The van der Waals surface area contributed by atoms with E-state index in [0.29, 0.717) is 15.5 Å². The van der Waals surface area contributed by atoms with Crippen molar-refractivity contribution in [3.05, 3.63) is 64.4 Å². The lowest BCUT2D eigenvalue weighted by atomic mass is 10.1. The van der Waals surface area contributed by atoms with Crippen LogP contribution in [0.2, 0.25) is 5.02 Å². The van der Waals surface area contributed by atoms with Gasteiger partial charge in [-0.15, -0.1) is 0 Å². The van der Waals surface area contributed by atoms with Gasteiger partial charge in [0.2, 0.25) is 0 Å². The summed E-state index contributed by atoms with van der Waals surface area (Å²) in [6, 6.07) is 12.7. The first kappa shape index (κ1) is 13.7. The molecule has 1 unspecified atom stereocenters. The molecule has 0 aliphatic rings. The highest BCUT2D eigenvalue weighted by Crippen LogP contribution is 2.18. The zero-order valence-corrected chi connectivity index (χ0v) is 11.3. The van der Waals surface area contributed by atoms with Crippen LogP contribution >= 0.6 is 11.6 Å². The van der Waals surface area contributed by atoms with Crippen LogP contribution in [0.5, 0.6) is 0 Å². The molecular formula is C14H9ClFNOS. The van der Waals surface area contributed by atoms with Gasteiger partial charge in [0.1, 0.15) is 11.9 Å². The van der Waals surface area contributed by atoms with Gasteiger partial charge >= 0.3 is 0 Å². The van der Waals surface area contributed by atoms with E-state index in [0.717, 1.165) is 0 Å². The van der Waals surface area contributed by atoms with Crippen molar-refractivity contribution < 1.29 is 8.60 Å². The van der Waals surface area contributed by atoms with Gasteiger partial charge in [0.15, 0.2) is 0 Å². The number of hydrogen-bond donors (Lipinski definition) is 0. The predicted octanol–water partition coefficient (Wildman–Crippen LogP) is 3.66. The lowest BCUT2D eigenvalue weighted by molar-refractivity contribution is 0.623. The summed E-state index contributed by atoms with van der Waals surface area (Å²) in [5.74, 6) is -0.352. The Balaban J connectivity index is 2.22. The van der Waals surface area contributed by atoms with E-state index in [-0.39, 0.29) is 11.3 Å². The fourth-order valence-corrected chi connectivity index (χ4v) is 2.98. The minimum absolute atomic E-state index is 0.0411. The molecule has 0 aromatic heterocycles. The second-order valence-corrected chi connectivity index (χ2v) is 5.76. The Morgan fingerprint density at radius 2 is 2.05 bits per heavy atom. The van der Waals surface area contributed by atoms with Crippen molar-refractivity contribution >= 4 is 22.4 Å². The van der Waals surface area contributed by atoms with E-state index >= 15 is 0 Å². The average molecular weight is 294 g/mol. The Kier molecular flexibility index (Phi) is 4.31. The maximum atomic E-state index is 13.2. The fraction of sp³-hybridized carbons (Fsp3) is 0.0714. The monoisotopic (exact) mass is 293 g/mol. The van der Waals surface area contributed by atoms with E-state index in [2.05, 4.69) is 0 Å². The summed E-state index contributed by atoms with van der Waals surface area (Å²) in [7, 11) is -1.28. The van der Waals surface area contributed by atoms with E-state index in [9.17, 15) is 8.60 Å². The van der Waals surface area contributed by atoms with Gasteiger partial charge < -0.3 is 0 Å². The van der Waals surface area contributed by atoms with Crippen molar-refractivity contribution in [3.63, 3.8) is 0 Å². The summed E-state index contributed by atoms with van der Waals surface area (Å²) < 4.78 is 25.3. The molecule has 0 aliphatic carbocycles. The lowest BCUT2D eigenvalue weighted by Crippen LogP contribution is -1.98. The molecule has 2 aromatic carbocycles. The molecule has 0 aliphatic heterocycles.